The Balaban J connectivity index is 1.85. The number of aromatic nitrogens is 1. The Bertz CT molecular complexity index is 536. The molecule has 94 valence electrons. The number of halogens is 1. The van der Waals surface area contributed by atoms with Gasteiger partial charge in [-0.05, 0) is 53.8 Å². The van der Waals surface area contributed by atoms with Crippen molar-refractivity contribution in [1.29, 1.82) is 0 Å². The predicted octanol–water partition coefficient (Wildman–Crippen LogP) is 3.46. The zero-order valence-electron chi connectivity index (χ0n) is 9.85. The minimum absolute atomic E-state index is 0.270. The van der Waals surface area contributed by atoms with Crippen LogP contribution in [0.2, 0.25) is 0 Å². The molecule has 1 aromatic heterocycles. The minimum Gasteiger partial charge on any atom is -0.462 e. The van der Waals surface area contributed by atoms with Crippen molar-refractivity contribution in [2.24, 2.45) is 0 Å². The molecule has 0 radical (unpaired) electrons. The molecule has 1 aromatic carbocycles. The first-order valence-corrected chi connectivity index (χ1v) is 7.44. The van der Waals surface area contributed by atoms with Crippen LogP contribution in [0.1, 0.15) is 20.9 Å². The van der Waals surface area contributed by atoms with E-state index in [4.69, 9.17) is 4.74 Å². The molecule has 0 aliphatic heterocycles. The molecule has 0 bridgehead atoms. The van der Waals surface area contributed by atoms with Gasteiger partial charge in [0.15, 0.2) is 0 Å². The molecule has 0 aliphatic carbocycles. The zero-order chi connectivity index (χ0) is 13.0. The standard InChI is InChI=1S/C13H12INO2S/c1-9-12(18-8-15-9)6-7-17-13(16)10-2-4-11(14)5-3-10/h2-5,8H,6-7H2,1H3. The fraction of sp³-hybridized carbons (Fsp3) is 0.231. The van der Waals surface area contributed by atoms with Crippen LogP contribution in [0.3, 0.4) is 0 Å². The van der Waals surface area contributed by atoms with Gasteiger partial charge in [0.2, 0.25) is 0 Å². The second-order valence-electron chi connectivity index (χ2n) is 3.75. The number of benzene rings is 1. The lowest BCUT2D eigenvalue weighted by Crippen LogP contribution is -2.08. The number of ether oxygens (including phenoxy) is 1. The van der Waals surface area contributed by atoms with E-state index in [1.54, 1.807) is 23.5 Å². The smallest absolute Gasteiger partial charge is 0.338 e. The lowest BCUT2D eigenvalue weighted by molar-refractivity contribution is 0.0510. The van der Waals surface area contributed by atoms with Crippen molar-refractivity contribution in [3.63, 3.8) is 0 Å². The quantitative estimate of drug-likeness (QED) is 0.609. The number of hydrogen-bond donors (Lipinski definition) is 0. The Labute approximate surface area is 123 Å². The van der Waals surface area contributed by atoms with Gasteiger partial charge in [0, 0.05) is 14.9 Å². The summed E-state index contributed by atoms with van der Waals surface area (Å²) in [4.78, 5) is 17.1. The number of aryl methyl sites for hydroxylation is 1. The van der Waals surface area contributed by atoms with Crippen molar-refractivity contribution < 1.29 is 9.53 Å². The molecule has 0 atom stereocenters. The first-order valence-electron chi connectivity index (χ1n) is 5.48. The van der Waals surface area contributed by atoms with Gasteiger partial charge in [0.1, 0.15) is 0 Å². The van der Waals surface area contributed by atoms with Crippen molar-refractivity contribution in [2.45, 2.75) is 13.3 Å². The van der Waals surface area contributed by atoms with Gasteiger partial charge in [0.25, 0.3) is 0 Å². The SMILES string of the molecule is Cc1ncsc1CCOC(=O)c1ccc(I)cc1. The molecule has 0 saturated carbocycles. The summed E-state index contributed by atoms with van der Waals surface area (Å²) in [5.41, 5.74) is 3.42. The van der Waals surface area contributed by atoms with Crippen molar-refractivity contribution in [3.8, 4) is 0 Å². The van der Waals surface area contributed by atoms with E-state index in [0.717, 1.165) is 15.7 Å². The highest BCUT2D eigenvalue weighted by atomic mass is 127. The third-order valence-electron chi connectivity index (χ3n) is 2.49. The van der Waals surface area contributed by atoms with Crippen molar-refractivity contribution in [1.82, 2.24) is 4.98 Å². The maximum absolute atomic E-state index is 11.7. The number of carbonyl (C=O) groups is 1. The third kappa shape index (κ3) is 3.52. The first-order chi connectivity index (χ1) is 8.66. The Morgan fingerprint density at radius 3 is 2.72 bits per heavy atom. The van der Waals surface area contributed by atoms with Crippen LogP contribution in [0.15, 0.2) is 29.8 Å². The molecular weight excluding hydrogens is 361 g/mol. The topological polar surface area (TPSA) is 39.2 Å². The normalized spacial score (nSPS) is 10.3. The van der Waals surface area contributed by atoms with E-state index in [1.807, 2.05) is 24.6 Å². The molecular formula is C13H12INO2S. The molecule has 3 nitrogen and oxygen atoms in total. The molecule has 0 saturated heterocycles. The van der Waals surface area contributed by atoms with E-state index in [2.05, 4.69) is 27.6 Å². The maximum atomic E-state index is 11.7. The highest BCUT2D eigenvalue weighted by Crippen LogP contribution is 2.13. The fourth-order valence-electron chi connectivity index (χ4n) is 1.47. The summed E-state index contributed by atoms with van der Waals surface area (Å²) in [5, 5.41) is 0. The summed E-state index contributed by atoms with van der Waals surface area (Å²) < 4.78 is 6.34. The van der Waals surface area contributed by atoms with Gasteiger partial charge in [-0.15, -0.1) is 11.3 Å². The molecule has 0 spiro atoms. The maximum Gasteiger partial charge on any atom is 0.338 e. The van der Waals surface area contributed by atoms with Crippen LogP contribution in [0.4, 0.5) is 0 Å². The average Bonchev–Trinajstić information content (AvgIpc) is 2.76. The van der Waals surface area contributed by atoms with Gasteiger partial charge in [0.05, 0.1) is 23.4 Å². The first kappa shape index (κ1) is 13.5. The van der Waals surface area contributed by atoms with E-state index in [9.17, 15) is 4.79 Å². The number of carbonyl (C=O) groups excluding carboxylic acids is 1. The Hall–Kier alpha value is -0.950. The van der Waals surface area contributed by atoms with E-state index in [1.165, 1.54) is 4.88 Å². The summed E-state index contributed by atoms with van der Waals surface area (Å²) >= 11 is 3.80. The molecule has 2 rings (SSSR count). The van der Waals surface area contributed by atoms with Crippen molar-refractivity contribution in [3.05, 3.63) is 49.5 Å². The lowest BCUT2D eigenvalue weighted by atomic mass is 10.2. The summed E-state index contributed by atoms with van der Waals surface area (Å²) in [6.45, 7) is 2.36. The second-order valence-corrected chi connectivity index (χ2v) is 5.94. The number of nitrogens with zero attached hydrogens (tertiary/aromatic N) is 1. The Morgan fingerprint density at radius 1 is 1.39 bits per heavy atom. The predicted molar refractivity (Wildman–Crippen MR) is 80.0 cm³/mol. The largest absolute Gasteiger partial charge is 0.462 e. The monoisotopic (exact) mass is 373 g/mol. The fourth-order valence-corrected chi connectivity index (χ4v) is 2.59. The number of esters is 1. The molecule has 0 N–H and O–H groups in total. The lowest BCUT2D eigenvalue weighted by Gasteiger charge is -2.04. The van der Waals surface area contributed by atoms with E-state index in [-0.39, 0.29) is 5.97 Å². The number of thiazole rings is 1. The molecule has 2 aromatic rings. The van der Waals surface area contributed by atoms with Gasteiger partial charge in [-0.2, -0.15) is 0 Å². The molecule has 0 aliphatic rings. The van der Waals surface area contributed by atoms with E-state index in [0.29, 0.717) is 12.2 Å². The van der Waals surface area contributed by atoms with E-state index < -0.39 is 0 Å². The summed E-state index contributed by atoms with van der Waals surface area (Å²) in [7, 11) is 0. The van der Waals surface area contributed by atoms with Gasteiger partial charge in [-0.3, -0.25) is 0 Å². The Kier molecular flexibility index (Phi) is 4.71. The van der Waals surface area contributed by atoms with Crippen LogP contribution < -0.4 is 0 Å². The van der Waals surface area contributed by atoms with Gasteiger partial charge in [-0.25, -0.2) is 9.78 Å². The molecule has 0 unspecified atom stereocenters. The summed E-state index contributed by atoms with van der Waals surface area (Å²) in [6.07, 6.45) is 0.729. The number of hydrogen-bond acceptors (Lipinski definition) is 4. The van der Waals surface area contributed by atoms with Gasteiger partial charge < -0.3 is 4.74 Å². The van der Waals surface area contributed by atoms with Crippen LogP contribution in [-0.2, 0) is 11.2 Å². The summed E-state index contributed by atoms with van der Waals surface area (Å²) in [6, 6.07) is 7.35. The highest BCUT2D eigenvalue weighted by Gasteiger charge is 2.07. The van der Waals surface area contributed by atoms with Crippen LogP contribution in [0.25, 0.3) is 0 Å². The van der Waals surface area contributed by atoms with Crippen molar-refractivity contribution in [2.75, 3.05) is 6.61 Å². The summed E-state index contributed by atoms with van der Waals surface area (Å²) in [5.74, 6) is -0.270. The molecule has 18 heavy (non-hydrogen) atoms. The average molecular weight is 373 g/mol. The highest BCUT2D eigenvalue weighted by molar-refractivity contribution is 14.1. The van der Waals surface area contributed by atoms with E-state index >= 15 is 0 Å². The van der Waals surface area contributed by atoms with Crippen LogP contribution in [0, 0.1) is 10.5 Å². The van der Waals surface area contributed by atoms with Gasteiger partial charge in [-0.1, -0.05) is 0 Å². The second kappa shape index (κ2) is 6.29. The van der Waals surface area contributed by atoms with Crippen LogP contribution >= 0.6 is 33.9 Å². The van der Waals surface area contributed by atoms with Crippen LogP contribution in [-0.4, -0.2) is 17.6 Å². The zero-order valence-corrected chi connectivity index (χ0v) is 12.8. The number of rotatable bonds is 4. The minimum atomic E-state index is -0.270. The molecule has 0 amide bonds. The molecule has 1 heterocycles. The van der Waals surface area contributed by atoms with Gasteiger partial charge >= 0.3 is 5.97 Å². The molecule has 5 heteroatoms. The van der Waals surface area contributed by atoms with Crippen LogP contribution in [0.5, 0.6) is 0 Å². The Morgan fingerprint density at radius 2 is 2.11 bits per heavy atom. The molecule has 0 fully saturated rings. The van der Waals surface area contributed by atoms with Crippen molar-refractivity contribution >= 4 is 39.9 Å². The third-order valence-corrected chi connectivity index (χ3v) is 4.20.